The molecule has 2 atom stereocenters. The van der Waals surface area contributed by atoms with Gasteiger partial charge < -0.3 is 5.11 Å². The monoisotopic (exact) mass is 499 g/mol. The van der Waals surface area contributed by atoms with E-state index in [2.05, 4.69) is 0 Å². The zero-order valence-corrected chi connectivity index (χ0v) is 20.1. The Kier molecular flexibility index (Phi) is 5.20. The lowest BCUT2D eigenvalue weighted by molar-refractivity contribution is 0.0926. The number of hydrogen-bond donors (Lipinski definition) is 1. The molecule has 1 aliphatic carbocycles. The van der Waals surface area contributed by atoms with Crippen LogP contribution in [0.4, 0.5) is 4.39 Å². The van der Waals surface area contributed by atoms with Crippen molar-refractivity contribution in [3.63, 3.8) is 0 Å². The van der Waals surface area contributed by atoms with Crippen LogP contribution in [0.15, 0.2) is 76.5 Å². The summed E-state index contributed by atoms with van der Waals surface area (Å²) in [6, 6.07) is 17.3. The van der Waals surface area contributed by atoms with Gasteiger partial charge in [-0.3, -0.25) is 0 Å². The minimum absolute atomic E-state index is 0.0190. The van der Waals surface area contributed by atoms with E-state index < -0.39 is 32.1 Å². The van der Waals surface area contributed by atoms with Gasteiger partial charge in [0, 0.05) is 18.1 Å². The average Bonchev–Trinajstić information content (AvgIpc) is 3.32. The molecule has 6 nitrogen and oxygen atoms in total. The van der Waals surface area contributed by atoms with Crippen LogP contribution in [0.25, 0.3) is 22.2 Å². The SMILES string of the molecule is Cc1ccc(S(=O)(=O)n2c(-c3ccc(S(C)(=O)=O)cc3)cc3c4c(ccc32)[C@@H](O)[C@@H](F)C4)cc1. The Morgan fingerprint density at radius 2 is 1.53 bits per heavy atom. The molecule has 176 valence electrons. The van der Waals surface area contributed by atoms with E-state index >= 15 is 0 Å². The molecule has 5 rings (SSSR count). The zero-order chi connectivity index (χ0) is 24.4. The Morgan fingerprint density at radius 1 is 0.912 bits per heavy atom. The Bertz CT molecular complexity index is 1640. The molecule has 1 aliphatic rings. The second-order valence-electron chi connectivity index (χ2n) is 8.64. The number of benzene rings is 3. The lowest BCUT2D eigenvalue weighted by Crippen LogP contribution is -2.14. The first-order chi connectivity index (χ1) is 16.0. The third-order valence-corrected chi connectivity index (χ3v) is 9.16. The summed E-state index contributed by atoms with van der Waals surface area (Å²) in [5.41, 5.74) is 3.11. The second kappa shape index (κ2) is 7.76. The molecule has 3 aromatic carbocycles. The largest absolute Gasteiger partial charge is 0.385 e. The molecule has 1 heterocycles. The molecular weight excluding hydrogens is 477 g/mol. The predicted molar refractivity (Wildman–Crippen MR) is 128 cm³/mol. The summed E-state index contributed by atoms with van der Waals surface area (Å²) in [4.78, 5) is 0.207. The Hall–Kier alpha value is -3.01. The molecule has 4 aromatic rings. The minimum Gasteiger partial charge on any atom is -0.385 e. The fourth-order valence-corrected chi connectivity index (χ4v) is 6.64. The fourth-order valence-electron chi connectivity index (χ4n) is 4.49. The molecule has 9 heteroatoms. The van der Waals surface area contributed by atoms with Gasteiger partial charge in [-0.25, -0.2) is 25.2 Å². The van der Waals surface area contributed by atoms with Gasteiger partial charge in [-0.05, 0) is 60.0 Å². The van der Waals surface area contributed by atoms with E-state index in [1.54, 1.807) is 42.5 Å². The Labute approximate surface area is 197 Å². The van der Waals surface area contributed by atoms with E-state index in [1.165, 1.54) is 28.2 Å². The number of aliphatic hydroxyl groups is 1. The van der Waals surface area contributed by atoms with Gasteiger partial charge in [0.2, 0.25) is 0 Å². The molecule has 1 N–H and O–H groups in total. The molecule has 0 amide bonds. The van der Waals surface area contributed by atoms with Crippen molar-refractivity contribution in [2.75, 3.05) is 6.26 Å². The molecule has 0 bridgehead atoms. The number of nitrogens with zero attached hydrogens (tertiary/aromatic N) is 1. The van der Waals surface area contributed by atoms with Gasteiger partial charge in [-0.2, -0.15) is 0 Å². The van der Waals surface area contributed by atoms with Crippen molar-refractivity contribution in [1.29, 1.82) is 0 Å². The number of rotatable bonds is 4. The summed E-state index contributed by atoms with van der Waals surface area (Å²) in [6.07, 6.45) is -1.64. The van der Waals surface area contributed by atoms with Crippen LogP contribution < -0.4 is 0 Å². The van der Waals surface area contributed by atoms with Gasteiger partial charge in [0.15, 0.2) is 9.84 Å². The second-order valence-corrected chi connectivity index (χ2v) is 12.4. The summed E-state index contributed by atoms with van der Waals surface area (Å²) in [5, 5.41) is 10.8. The molecule has 0 saturated carbocycles. The van der Waals surface area contributed by atoms with Crippen molar-refractivity contribution in [3.8, 4) is 11.3 Å². The average molecular weight is 500 g/mol. The van der Waals surface area contributed by atoms with Gasteiger partial charge in [-0.15, -0.1) is 0 Å². The van der Waals surface area contributed by atoms with Crippen LogP contribution in [0.2, 0.25) is 0 Å². The molecule has 0 aliphatic heterocycles. The quantitative estimate of drug-likeness (QED) is 0.455. The molecule has 0 fully saturated rings. The summed E-state index contributed by atoms with van der Waals surface area (Å²) < 4.78 is 66.9. The Balaban J connectivity index is 1.81. The highest BCUT2D eigenvalue weighted by Gasteiger charge is 2.34. The number of aliphatic hydroxyl groups excluding tert-OH is 1. The van der Waals surface area contributed by atoms with Crippen molar-refractivity contribution >= 4 is 30.8 Å². The van der Waals surface area contributed by atoms with Crippen molar-refractivity contribution in [2.24, 2.45) is 0 Å². The molecule has 0 unspecified atom stereocenters. The third-order valence-electron chi connectivity index (χ3n) is 6.29. The van der Waals surface area contributed by atoms with Crippen molar-refractivity contribution < 1.29 is 26.3 Å². The molecular formula is C25H22FNO5S2. The van der Waals surface area contributed by atoms with Crippen LogP contribution in [0, 0.1) is 6.92 Å². The van der Waals surface area contributed by atoms with Gasteiger partial charge in [0.25, 0.3) is 10.0 Å². The molecule has 0 radical (unpaired) electrons. The first-order valence-corrected chi connectivity index (χ1v) is 13.9. The predicted octanol–water partition coefficient (Wildman–Crippen LogP) is 4.18. The van der Waals surface area contributed by atoms with Crippen LogP contribution in [-0.2, 0) is 26.3 Å². The van der Waals surface area contributed by atoms with Crippen molar-refractivity contribution in [3.05, 3.63) is 83.4 Å². The number of aryl methyl sites for hydroxylation is 1. The normalized spacial score (nSPS) is 18.4. The zero-order valence-electron chi connectivity index (χ0n) is 18.4. The van der Waals surface area contributed by atoms with E-state index in [1.807, 2.05) is 6.92 Å². The number of halogens is 1. The standard InChI is InChI=1S/C25H22FNO5S2/c1-15-3-7-18(8-4-15)34(31,32)27-23-12-11-19-20(13-22(26)25(19)28)21(23)14-24(27)16-5-9-17(10-6-16)33(2,29)30/h3-12,14,22,25,28H,13H2,1-2H3/t22-,25+/m0/s1. The van der Waals surface area contributed by atoms with E-state index in [0.29, 0.717) is 33.3 Å². The van der Waals surface area contributed by atoms with E-state index in [9.17, 15) is 26.3 Å². The maximum absolute atomic E-state index is 14.3. The summed E-state index contributed by atoms with van der Waals surface area (Å²) >= 11 is 0. The summed E-state index contributed by atoms with van der Waals surface area (Å²) in [7, 11) is -7.49. The molecule has 0 spiro atoms. The maximum atomic E-state index is 14.3. The number of fused-ring (bicyclic) bond motifs is 3. The minimum atomic E-state index is -4.06. The van der Waals surface area contributed by atoms with E-state index in [0.717, 1.165) is 11.8 Å². The highest BCUT2D eigenvalue weighted by molar-refractivity contribution is 7.90. The van der Waals surface area contributed by atoms with Crippen LogP contribution in [0.5, 0.6) is 0 Å². The van der Waals surface area contributed by atoms with Crippen molar-refractivity contribution in [1.82, 2.24) is 3.97 Å². The number of sulfone groups is 1. The number of aromatic nitrogens is 1. The van der Waals surface area contributed by atoms with Gasteiger partial charge >= 0.3 is 0 Å². The summed E-state index contributed by atoms with van der Waals surface area (Å²) in [6.45, 7) is 1.86. The highest BCUT2D eigenvalue weighted by Crippen LogP contribution is 2.41. The smallest absolute Gasteiger partial charge is 0.268 e. The van der Waals surface area contributed by atoms with Crippen LogP contribution >= 0.6 is 0 Å². The lowest BCUT2D eigenvalue weighted by Gasteiger charge is -2.13. The highest BCUT2D eigenvalue weighted by atomic mass is 32.2. The molecule has 1 aromatic heterocycles. The number of alkyl halides is 1. The fraction of sp³-hybridized carbons (Fsp3) is 0.200. The van der Waals surface area contributed by atoms with Gasteiger partial charge in [-0.1, -0.05) is 35.9 Å². The van der Waals surface area contributed by atoms with Crippen LogP contribution in [0.3, 0.4) is 0 Å². The molecule has 34 heavy (non-hydrogen) atoms. The molecule has 0 saturated heterocycles. The van der Waals surface area contributed by atoms with E-state index in [4.69, 9.17) is 0 Å². The first kappa shape index (κ1) is 22.8. The van der Waals surface area contributed by atoms with Crippen LogP contribution in [-0.4, -0.2) is 38.3 Å². The Morgan fingerprint density at radius 3 is 2.15 bits per heavy atom. The summed E-state index contributed by atoms with van der Waals surface area (Å²) in [5.74, 6) is 0. The first-order valence-electron chi connectivity index (χ1n) is 10.6. The van der Waals surface area contributed by atoms with Gasteiger partial charge in [0.05, 0.1) is 21.0 Å². The maximum Gasteiger partial charge on any atom is 0.268 e. The van der Waals surface area contributed by atoms with Crippen molar-refractivity contribution in [2.45, 2.75) is 35.4 Å². The van der Waals surface area contributed by atoms with Gasteiger partial charge in [0.1, 0.15) is 12.3 Å². The number of hydrogen-bond acceptors (Lipinski definition) is 5. The topological polar surface area (TPSA) is 93.4 Å². The lowest BCUT2D eigenvalue weighted by atomic mass is 10.0. The van der Waals surface area contributed by atoms with E-state index in [-0.39, 0.29) is 16.2 Å². The van der Waals surface area contributed by atoms with Crippen LogP contribution in [0.1, 0.15) is 22.8 Å². The third kappa shape index (κ3) is 3.55.